The van der Waals surface area contributed by atoms with Gasteiger partial charge in [0.25, 0.3) is 0 Å². The average molecular weight is 374 g/mol. The molecule has 0 aliphatic carbocycles. The molecule has 26 heavy (non-hydrogen) atoms. The van der Waals surface area contributed by atoms with Gasteiger partial charge in [-0.3, -0.25) is 4.79 Å². The number of nitrogens with zero attached hydrogens (tertiary/aromatic N) is 2. The highest BCUT2D eigenvalue weighted by Crippen LogP contribution is 2.27. The van der Waals surface area contributed by atoms with E-state index in [0.29, 0.717) is 16.4 Å². The van der Waals surface area contributed by atoms with Gasteiger partial charge in [-0.25, -0.2) is 9.07 Å². The van der Waals surface area contributed by atoms with E-state index < -0.39 is 0 Å². The number of benzene rings is 2. The molecule has 7 heteroatoms. The first kappa shape index (κ1) is 17.9. The van der Waals surface area contributed by atoms with Crippen LogP contribution in [0.3, 0.4) is 0 Å². The van der Waals surface area contributed by atoms with Gasteiger partial charge in [-0.2, -0.15) is 5.10 Å². The van der Waals surface area contributed by atoms with Gasteiger partial charge in [0, 0.05) is 16.3 Å². The van der Waals surface area contributed by atoms with Crippen molar-refractivity contribution in [2.75, 3.05) is 5.32 Å². The Morgan fingerprint density at radius 3 is 2.62 bits per heavy atom. The Balaban J connectivity index is 1.82. The maximum Gasteiger partial charge on any atom is 0.229 e. The predicted molar refractivity (Wildman–Crippen MR) is 98.4 cm³/mol. The van der Waals surface area contributed by atoms with Gasteiger partial charge in [0.05, 0.1) is 23.5 Å². The van der Waals surface area contributed by atoms with Crippen LogP contribution in [0.25, 0.3) is 5.69 Å². The molecule has 2 N–H and O–H groups in total. The van der Waals surface area contributed by atoms with Gasteiger partial charge in [-0.15, -0.1) is 0 Å². The minimum atomic E-state index is -0.323. The minimum absolute atomic E-state index is 0.0572. The molecule has 2 aromatic carbocycles. The lowest BCUT2D eigenvalue weighted by molar-refractivity contribution is -0.115. The summed E-state index contributed by atoms with van der Waals surface area (Å²) in [4.78, 5) is 12.4. The summed E-state index contributed by atoms with van der Waals surface area (Å²) in [5, 5.41) is 17.3. The molecule has 0 unspecified atom stereocenters. The first-order valence-electron chi connectivity index (χ1n) is 7.94. The highest BCUT2D eigenvalue weighted by molar-refractivity contribution is 6.31. The second kappa shape index (κ2) is 7.17. The summed E-state index contributed by atoms with van der Waals surface area (Å²) in [5.41, 5.74) is 3.24. The molecule has 0 aliphatic rings. The number of rotatable bonds is 4. The topological polar surface area (TPSA) is 67.2 Å². The predicted octanol–water partition coefficient (Wildman–Crippen LogP) is 4.17. The lowest BCUT2D eigenvalue weighted by atomic mass is 10.1. The molecule has 1 amide bonds. The maximum absolute atomic E-state index is 13.1. The molecule has 1 aromatic heterocycles. The standard InChI is InChI=1S/C19H17ClFN3O2/c1-11-16(10-19(26)22-17-9-13(20)3-8-18(17)25)12(2)24(23-11)15-6-4-14(21)5-7-15/h3-9,25H,10H2,1-2H3,(H,22,26). The molecule has 134 valence electrons. The number of nitrogens with one attached hydrogen (secondary N) is 1. The van der Waals surface area contributed by atoms with Crippen LogP contribution in [0.5, 0.6) is 5.75 Å². The molecule has 0 saturated heterocycles. The number of hydrogen-bond acceptors (Lipinski definition) is 3. The van der Waals surface area contributed by atoms with Gasteiger partial charge in [0.1, 0.15) is 11.6 Å². The first-order chi connectivity index (χ1) is 12.3. The Bertz CT molecular complexity index is 968. The lowest BCUT2D eigenvalue weighted by Crippen LogP contribution is -2.15. The number of amides is 1. The number of hydrogen-bond donors (Lipinski definition) is 2. The summed E-state index contributed by atoms with van der Waals surface area (Å²) in [6, 6.07) is 10.4. The minimum Gasteiger partial charge on any atom is -0.506 e. The number of phenolic OH excluding ortho intramolecular Hbond substituents is 1. The largest absolute Gasteiger partial charge is 0.506 e. The Kier molecular flexibility index (Phi) is 4.95. The molecule has 1 heterocycles. The summed E-state index contributed by atoms with van der Waals surface area (Å²) < 4.78 is 14.8. The van der Waals surface area contributed by atoms with Gasteiger partial charge in [0.15, 0.2) is 0 Å². The second-order valence-corrected chi connectivity index (χ2v) is 6.36. The van der Waals surface area contributed by atoms with Crippen LogP contribution in [-0.2, 0) is 11.2 Å². The molecular formula is C19H17ClFN3O2. The van der Waals surface area contributed by atoms with Crippen LogP contribution in [0.1, 0.15) is 17.0 Å². The number of anilines is 1. The van der Waals surface area contributed by atoms with Crippen molar-refractivity contribution in [1.82, 2.24) is 9.78 Å². The molecule has 3 rings (SSSR count). The van der Waals surface area contributed by atoms with E-state index in [1.54, 1.807) is 16.8 Å². The molecule has 0 spiro atoms. The van der Waals surface area contributed by atoms with Crippen LogP contribution in [0.4, 0.5) is 10.1 Å². The van der Waals surface area contributed by atoms with Crippen LogP contribution in [0.2, 0.25) is 5.02 Å². The van der Waals surface area contributed by atoms with E-state index in [4.69, 9.17) is 11.6 Å². The molecule has 5 nitrogen and oxygen atoms in total. The number of aryl methyl sites for hydroxylation is 1. The Labute approximate surface area is 155 Å². The molecule has 3 aromatic rings. The number of carbonyl (C=O) groups is 1. The van der Waals surface area contributed by atoms with Crippen molar-refractivity contribution < 1.29 is 14.3 Å². The molecular weight excluding hydrogens is 357 g/mol. The van der Waals surface area contributed by atoms with Gasteiger partial charge in [-0.1, -0.05) is 11.6 Å². The van der Waals surface area contributed by atoms with Crippen molar-refractivity contribution >= 4 is 23.2 Å². The number of carbonyl (C=O) groups excluding carboxylic acids is 1. The van der Waals surface area contributed by atoms with E-state index in [1.165, 1.54) is 30.3 Å². The molecule has 0 radical (unpaired) electrons. The number of halogens is 2. The van der Waals surface area contributed by atoms with Crippen LogP contribution in [-0.4, -0.2) is 20.8 Å². The maximum atomic E-state index is 13.1. The van der Waals surface area contributed by atoms with Crippen molar-refractivity contribution in [1.29, 1.82) is 0 Å². The summed E-state index contributed by atoms with van der Waals surface area (Å²) >= 11 is 5.89. The van der Waals surface area contributed by atoms with E-state index >= 15 is 0 Å². The SMILES string of the molecule is Cc1nn(-c2ccc(F)cc2)c(C)c1CC(=O)Nc1cc(Cl)ccc1O. The zero-order valence-corrected chi connectivity index (χ0v) is 15.0. The van der Waals surface area contributed by atoms with E-state index in [2.05, 4.69) is 10.4 Å². The number of phenols is 1. The van der Waals surface area contributed by atoms with Gasteiger partial charge in [-0.05, 0) is 56.3 Å². The summed E-state index contributed by atoms with van der Waals surface area (Å²) in [7, 11) is 0. The van der Waals surface area contributed by atoms with Crippen molar-refractivity contribution in [2.45, 2.75) is 20.3 Å². The third kappa shape index (κ3) is 3.70. The zero-order valence-electron chi connectivity index (χ0n) is 14.3. The van der Waals surface area contributed by atoms with Crippen molar-refractivity contribution in [3.63, 3.8) is 0 Å². The average Bonchev–Trinajstić information content (AvgIpc) is 2.87. The monoisotopic (exact) mass is 373 g/mol. The van der Waals surface area contributed by atoms with Crippen LogP contribution in [0.15, 0.2) is 42.5 Å². The fourth-order valence-electron chi connectivity index (χ4n) is 2.73. The summed E-state index contributed by atoms with van der Waals surface area (Å²) in [5.74, 6) is -0.679. The van der Waals surface area contributed by atoms with Crippen molar-refractivity contribution in [3.05, 3.63) is 70.3 Å². The van der Waals surface area contributed by atoms with Crippen LogP contribution < -0.4 is 5.32 Å². The molecule has 0 bridgehead atoms. The fraction of sp³-hybridized carbons (Fsp3) is 0.158. The summed E-state index contributed by atoms with van der Waals surface area (Å²) in [6.45, 7) is 3.66. The van der Waals surface area contributed by atoms with Crippen molar-refractivity contribution in [3.8, 4) is 11.4 Å². The van der Waals surface area contributed by atoms with E-state index in [-0.39, 0.29) is 29.6 Å². The van der Waals surface area contributed by atoms with Gasteiger partial charge in [0.2, 0.25) is 5.91 Å². The third-order valence-corrected chi connectivity index (χ3v) is 4.32. The first-order valence-corrected chi connectivity index (χ1v) is 8.32. The highest BCUT2D eigenvalue weighted by Gasteiger charge is 2.17. The second-order valence-electron chi connectivity index (χ2n) is 5.92. The Hall–Kier alpha value is -2.86. The third-order valence-electron chi connectivity index (χ3n) is 4.08. The van der Waals surface area contributed by atoms with Crippen molar-refractivity contribution in [2.24, 2.45) is 0 Å². The normalized spacial score (nSPS) is 10.8. The molecule has 0 saturated carbocycles. The van der Waals surface area contributed by atoms with E-state index in [9.17, 15) is 14.3 Å². The molecule has 0 atom stereocenters. The van der Waals surface area contributed by atoms with Crippen LogP contribution in [0, 0.1) is 19.7 Å². The van der Waals surface area contributed by atoms with Crippen LogP contribution >= 0.6 is 11.6 Å². The fourth-order valence-corrected chi connectivity index (χ4v) is 2.90. The molecule has 0 fully saturated rings. The van der Waals surface area contributed by atoms with E-state index in [1.807, 2.05) is 13.8 Å². The van der Waals surface area contributed by atoms with E-state index in [0.717, 1.165) is 11.3 Å². The van der Waals surface area contributed by atoms with Gasteiger partial charge >= 0.3 is 0 Å². The number of aromatic hydroxyl groups is 1. The lowest BCUT2D eigenvalue weighted by Gasteiger charge is -2.08. The summed E-state index contributed by atoms with van der Waals surface area (Å²) in [6.07, 6.45) is 0.0881. The highest BCUT2D eigenvalue weighted by atomic mass is 35.5. The Morgan fingerprint density at radius 2 is 1.92 bits per heavy atom. The smallest absolute Gasteiger partial charge is 0.229 e. The Morgan fingerprint density at radius 1 is 1.23 bits per heavy atom. The quantitative estimate of drug-likeness (QED) is 0.674. The number of aromatic nitrogens is 2. The zero-order chi connectivity index (χ0) is 18.8. The van der Waals surface area contributed by atoms with Gasteiger partial charge < -0.3 is 10.4 Å². The molecule has 0 aliphatic heterocycles.